The lowest BCUT2D eigenvalue weighted by atomic mass is 10.2. The van der Waals surface area contributed by atoms with Crippen LogP contribution in [0, 0.1) is 0 Å². The van der Waals surface area contributed by atoms with Crippen LogP contribution in [0.4, 0.5) is 0 Å². The standard InChI is InChI=1S/C9H14N2O/c1-7(2)9-10-3-4-11(9)5-8-6-12-8/h3-4,7-8H,5-6H2,1-2H3. The second kappa shape index (κ2) is 2.90. The minimum absolute atomic E-state index is 0.441. The molecule has 1 aliphatic rings. The van der Waals surface area contributed by atoms with Crippen molar-refractivity contribution < 1.29 is 4.74 Å². The summed E-state index contributed by atoms with van der Waals surface area (Å²) in [5.74, 6) is 1.66. The SMILES string of the molecule is CC(C)c1nccn1CC1CO1. The first-order valence-electron chi connectivity index (χ1n) is 4.40. The molecule has 0 aromatic carbocycles. The normalized spacial score (nSPS) is 21.8. The Labute approximate surface area is 72.4 Å². The molecule has 3 heteroatoms. The van der Waals surface area contributed by atoms with E-state index in [1.165, 1.54) is 0 Å². The van der Waals surface area contributed by atoms with Gasteiger partial charge in [-0.25, -0.2) is 4.98 Å². The third kappa shape index (κ3) is 1.50. The maximum Gasteiger partial charge on any atom is 0.111 e. The van der Waals surface area contributed by atoms with E-state index in [0.29, 0.717) is 12.0 Å². The average Bonchev–Trinajstić information content (AvgIpc) is 2.66. The van der Waals surface area contributed by atoms with Crippen LogP contribution in [-0.2, 0) is 11.3 Å². The Morgan fingerprint density at radius 1 is 1.75 bits per heavy atom. The third-order valence-corrected chi connectivity index (χ3v) is 2.07. The van der Waals surface area contributed by atoms with Crippen LogP contribution in [0.5, 0.6) is 0 Å². The zero-order chi connectivity index (χ0) is 8.55. The van der Waals surface area contributed by atoms with Crippen molar-refractivity contribution in [2.75, 3.05) is 6.61 Å². The van der Waals surface area contributed by atoms with E-state index < -0.39 is 0 Å². The van der Waals surface area contributed by atoms with Gasteiger partial charge >= 0.3 is 0 Å². The predicted molar refractivity (Wildman–Crippen MR) is 46.1 cm³/mol. The zero-order valence-corrected chi connectivity index (χ0v) is 7.53. The van der Waals surface area contributed by atoms with Crippen molar-refractivity contribution in [2.24, 2.45) is 0 Å². The number of nitrogens with zero attached hydrogens (tertiary/aromatic N) is 2. The number of hydrogen-bond donors (Lipinski definition) is 0. The Bertz CT molecular complexity index is 263. The van der Waals surface area contributed by atoms with E-state index in [9.17, 15) is 0 Å². The molecule has 12 heavy (non-hydrogen) atoms. The van der Waals surface area contributed by atoms with E-state index in [1.54, 1.807) is 0 Å². The van der Waals surface area contributed by atoms with Gasteiger partial charge in [0, 0.05) is 18.3 Å². The highest BCUT2D eigenvalue weighted by Gasteiger charge is 2.23. The first-order chi connectivity index (χ1) is 5.77. The van der Waals surface area contributed by atoms with E-state index >= 15 is 0 Å². The first kappa shape index (κ1) is 7.80. The first-order valence-corrected chi connectivity index (χ1v) is 4.40. The quantitative estimate of drug-likeness (QED) is 0.635. The van der Waals surface area contributed by atoms with E-state index in [4.69, 9.17) is 4.74 Å². The van der Waals surface area contributed by atoms with Crippen molar-refractivity contribution in [3.8, 4) is 0 Å². The molecule has 0 radical (unpaired) electrons. The molecule has 2 rings (SSSR count). The van der Waals surface area contributed by atoms with Gasteiger partial charge in [0.05, 0.1) is 19.3 Å². The molecule has 0 bridgehead atoms. The van der Waals surface area contributed by atoms with Gasteiger partial charge in [0.2, 0.25) is 0 Å². The number of rotatable bonds is 3. The molecular formula is C9H14N2O. The third-order valence-electron chi connectivity index (χ3n) is 2.07. The Hall–Kier alpha value is -0.830. The van der Waals surface area contributed by atoms with Crippen LogP contribution in [0.1, 0.15) is 25.6 Å². The molecule has 1 aromatic heterocycles. The van der Waals surface area contributed by atoms with Gasteiger partial charge in [0.15, 0.2) is 0 Å². The number of imidazole rings is 1. The smallest absolute Gasteiger partial charge is 0.111 e. The molecule has 0 saturated carbocycles. The van der Waals surface area contributed by atoms with Gasteiger partial charge in [-0.05, 0) is 0 Å². The fourth-order valence-corrected chi connectivity index (χ4v) is 1.37. The number of ether oxygens (including phenoxy) is 1. The molecule has 1 fully saturated rings. The van der Waals surface area contributed by atoms with Crippen molar-refractivity contribution in [3.63, 3.8) is 0 Å². The van der Waals surface area contributed by atoms with Crippen LogP contribution in [0.25, 0.3) is 0 Å². The molecule has 66 valence electrons. The van der Waals surface area contributed by atoms with Gasteiger partial charge in [-0.15, -0.1) is 0 Å². The second-order valence-corrected chi connectivity index (χ2v) is 3.55. The molecule has 1 aromatic rings. The van der Waals surface area contributed by atoms with Crippen LogP contribution in [0.15, 0.2) is 12.4 Å². The van der Waals surface area contributed by atoms with Crippen LogP contribution < -0.4 is 0 Å². The Balaban J connectivity index is 2.11. The molecule has 0 spiro atoms. The minimum atomic E-state index is 0.441. The summed E-state index contributed by atoms with van der Waals surface area (Å²) in [6.07, 6.45) is 4.33. The molecule has 0 aliphatic carbocycles. The second-order valence-electron chi connectivity index (χ2n) is 3.55. The number of aromatic nitrogens is 2. The van der Waals surface area contributed by atoms with E-state index in [-0.39, 0.29) is 0 Å². The summed E-state index contributed by atoms with van der Waals surface area (Å²) < 4.78 is 7.35. The lowest BCUT2D eigenvalue weighted by molar-refractivity contribution is 0.378. The van der Waals surface area contributed by atoms with Gasteiger partial charge in [-0.3, -0.25) is 0 Å². The zero-order valence-electron chi connectivity index (χ0n) is 7.53. The van der Waals surface area contributed by atoms with Crippen molar-refractivity contribution in [1.82, 2.24) is 9.55 Å². The maximum absolute atomic E-state index is 5.17. The summed E-state index contributed by atoms with van der Waals surface area (Å²) in [5.41, 5.74) is 0. The summed E-state index contributed by atoms with van der Waals surface area (Å²) in [7, 11) is 0. The molecule has 3 nitrogen and oxygen atoms in total. The lowest BCUT2D eigenvalue weighted by Crippen LogP contribution is -2.08. The Morgan fingerprint density at radius 2 is 2.50 bits per heavy atom. The van der Waals surface area contributed by atoms with Gasteiger partial charge in [-0.1, -0.05) is 13.8 Å². The highest BCUT2D eigenvalue weighted by molar-refractivity contribution is 4.98. The highest BCUT2D eigenvalue weighted by atomic mass is 16.6. The van der Waals surface area contributed by atoms with Crippen LogP contribution in [-0.4, -0.2) is 22.3 Å². The van der Waals surface area contributed by atoms with E-state index in [1.807, 2.05) is 12.4 Å². The fraction of sp³-hybridized carbons (Fsp3) is 0.667. The van der Waals surface area contributed by atoms with Crippen LogP contribution >= 0.6 is 0 Å². The summed E-state index contributed by atoms with van der Waals surface area (Å²) in [6.45, 7) is 6.20. The monoisotopic (exact) mass is 166 g/mol. The van der Waals surface area contributed by atoms with Gasteiger partial charge in [-0.2, -0.15) is 0 Å². The molecule has 2 heterocycles. The van der Waals surface area contributed by atoms with Crippen molar-refractivity contribution in [1.29, 1.82) is 0 Å². The Kier molecular flexibility index (Phi) is 1.89. The van der Waals surface area contributed by atoms with Gasteiger partial charge < -0.3 is 9.30 Å². The molecule has 0 N–H and O–H groups in total. The number of hydrogen-bond acceptors (Lipinski definition) is 2. The lowest BCUT2D eigenvalue weighted by Gasteiger charge is -2.07. The maximum atomic E-state index is 5.17. The van der Waals surface area contributed by atoms with Crippen LogP contribution in [0.3, 0.4) is 0 Å². The summed E-state index contributed by atoms with van der Waals surface area (Å²) in [5, 5.41) is 0. The summed E-state index contributed by atoms with van der Waals surface area (Å²) in [6, 6.07) is 0. The van der Waals surface area contributed by atoms with Crippen LogP contribution in [0.2, 0.25) is 0 Å². The van der Waals surface area contributed by atoms with Crippen molar-refractivity contribution in [3.05, 3.63) is 18.2 Å². The molecular weight excluding hydrogens is 152 g/mol. The van der Waals surface area contributed by atoms with Gasteiger partial charge in [0.1, 0.15) is 5.82 Å². The summed E-state index contributed by atoms with van der Waals surface area (Å²) >= 11 is 0. The fourth-order valence-electron chi connectivity index (χ4n) is 1.37. The number of epoxide rings is 1. The largest absolute Gasteiger partial charge is 0.371 e. The average molecular weight is 166 g/mol. The predicted octanol–water partition coefficient (Wildman–Crippen LogP) is 1.41. The topological polar surface area (TPSA) is 30.4 Å². The Morgan fingerprint density at radius 3 is 3.08 bits per heavy atom. The molecule has 1 atom stereocenters. The van der Waals surface area contributed by atoms with E-state index in [0.717, 1.165) is 19.0 Å². The van der Waals surface area contributed by atoms with Crippen molar-refractivity contribution >= 4 is 0 Å². The molecule has 0 amide bonds. The minimum Gasteiger partial charge on any atom is -0.371 e. The van der Waals surface area contributed by atoms with E-state index in [2.05, 4.69) is 23.4 Å². The summed E-state index contributed by atoms with van der Waals surface area (Å²) in [4.78, 5) is 4.30. The highest BCUT2D eigenvalue weighted by Crippen LogP contribution is 2.16. The molecule has 1 aliphatic heterocycles. The molecule has 1 unspecified atom stereocenters. The van der Waals surface area contributed by atoms with Crippen molar-refractivity contribution in [2.45, 2.75) is 32.4 Å². The van der Waals surface area contributed by atoms with Gasteiger partial charge in [0.25, 0.3) is 0 Å². The molecule has 1 saturated heterocycles.